The second-order valence-electron chi connectivity index (χ2n) is 11.5. The number of pyridine rings is 1. The van der Waals surface area contributed by atoms with E-state index in [1.54, 1.807) is 29.8 Å². The molecule has 7 rings (SSSR count). The number of rotatable bonds is 6. The van der Waals surface area contributed by atoms with Gasteiger partial charge in [-0.3, -0.25) is 18.9 Å². The van der Waals surface area contributed by atoms with Crippen molar-refractivity contribution in [2.75, 3.05) is 43.9 Å². The van der Waals surface area contributed by atoms with E-state index in [1.165, 1.54) is 12.1 Å². The molecule has 1 aromatic carbocycles. The van der Waals surface area contributed by atoms with Crippen LogP contribution in [0, 0.1) is 0 Å². The van der Waals surface area contributed by atoms with E-state index < -0.39 is 23.8 Å². The van der Waals surface area contributed by atoms with Gasteiger partial charge in [0.05, 0.1) is 37.4 Å². The van der Waals surface area contributed by atoms with Gasteiger partial charge in [0, 0.05) is 36.3 Å². The van der Waals surface area contributed by atoms with Crippen LogP contribution >= 0.6 is 0 Å². The predicted molar refractivity (Wildman–Crippen MR) is 160 cm³/mol. The van der Waals surface area contributed by atoms with E-state index in [2.05, 4.69) is 20.2 Å². The van der Waals surface area contributed by atoms with E-state index >= 15 is 0 Å². The summed E-state index contributed by atoms with van der Waals surface area (Å²) < 4.78 is 53.5. The molecule has 0 spiro atoms. The Morgan fingerprint density at radius 3 is 2.83 bits per heavy atom. The molecular formula is C31H31F3N8O4. The van der Waals surface area contributed by atoms with Crippen LogP contribution in [0.2, 0.25) is 0 Å². The van der Waals surface area contributed by atoms with Crippen molar-refractivity contribution in [3.05, 3.63) is 65.9 Å². The monoisotopic (exact) mass is 636 g/mol. The second kappa shape index (κ2) is 11.6. The van der Waals surface area contributed by atoms with Gasteiger partial charge in [0.15, 0.2) is 0 Å². The number of hydrogen-bond donors (Lipinski definition) is 2. The number of hydrogen-bond acceptors (Lipinski definition) is 9. The van der Waals surface area contributed by atoms with Gasteiger partial charge >= 0.3 is 6.18 Å². The van der Waals surface area contributed by atoms with Crippen molar-refractivity contribution < 1.29 is 32.2 Å². The molecule has 15 heteroatoms. The predicted octanol–water partition coefficient (Wildman–Crippen LogP) is 3.79. The highest BCUT2D eigenvalue weighted by atomic mass is 19.4. The summed E-state index contributed by atoms with van der Waals surface area (Å²) in [6, 6.07) is 6.12. The molecule has 0 bridgehead atoms. The molecule has 3 aromatic heterocycles. The highest BCUT2D eigenvalue weighted by Crippen LogP contribution is 2.39. The average molecular weight is 637 g/mol. The molecular weight excluding hydrogens is 605 g/mol. The number of alkyl halides is 3. The van der Waals surface area contributed by atoms with Gasteiger partial charge in [-0.1, -0.05) is 0 Å². The Hall–Kier alpha value is -4.76. The number of nitrogens with two attached hydrogens (primary N) is 1. The van der Waals surface area contributed by atoms with Crippen LogP contribution in [0.15, 0.2) is 48.9 Å². The lowest BCUT2D eigenvalue weighted by atomic mass is 10.0. The molecule has 3 fully saturated rings. The quantitative estimate of drug-likeness (QED) is 0.324. The van der Waals surface area contributed by atoms with E-state index in [0.717, 1.165) is 44.3 Å². The normalized spacial score (nSPS) is 21.7. The summed E-state index contributed by atoms with van der Waals surface area (Å²) in [5.74, 6) is 0.261. The number of halogens is 3. The van der Waals surface area contributed by atoms with Gasteiger partial charge in [-0.2, -0.15) is 13.2 Å². The molecule has 12 nitrogen and oxygen atoms in total. The highest BCUT2D eigenvalue weighted by molar-refractivity contribution is 6.04. The topological polar surface area (TPSA) is 140 Å². The lowest BCUT2D eigenvalue weighted by molar-refractivity contribution is -0.160. The number of aromatic nitrogens is 4. The molecule has 3 aliphatic heterocycles. The first kappa shape index (κ1) is 29.9. The maximum Gasteiger partial charge on any atom is 0.416 e. The smallest absolute Gasteiger partial charge is 0.416 e. The van der Waals surface area contributed by atoms with E-state index in [4.69, 9.17) is 20.2 Å². The highest BCUT2D eigenvalue weighted by Gasteiger charge is 2.46. The van der Waals surface area contributed by atoms with Crippen LogP contribution in [0.5, 0.6) is 5.75 Å². The van der Waals surface area contributed by atoms with Crippen LogP contribution in [-0.2, 0) is 15.7 Å². The number of morpholine rings is 1. The third-order valence-electron chi connectivity index (χ3n) is 8.70. The standard InChI is InChI=1S/C31H31F3N8O4/c1-2-45-22-12-17(29(43)38-24-13-18(7-8-36-24)31(32,33)34)5-6-20(22)25-26-27(35)37-9-11-41(26)28(39-25)23-15-42-19(16-46-23)14-40-10-3-4-21(40)30(42)44/h5-9,11-13,19,21,23H,2-4,10,14-16H2,1H3,(H2,35,37)(H,36,38,43)/t19-,21-,23-/m1/s1. The number of imidazole rings is 1. The zero-order valence-corrected chi connectivity index (χ0v) is 24.8. The van der Waals surface area contributed by atoms with Crippen LogP contribution in [0.25, 0.3) is 16.8 Å². The summed E-state index contributed by atoms with van der Waals surface area (Å²) in [5.41, 5.74) is 7.04. The van der Waals surface area contributed by atoms with E-state index in [9.17, 15) is 22.8 Å². The Morgan fingerprint density at radius 1 is 1.17 bits per heavy atom. The SMILES string of the molecule is CCOc1cc(C(=O)Nc2cc(C(F)(F)F)ccn2)ccc1-c1nc([C@H]2CN3C(=O)[C@H]4CCCN4C[C@@H]3CO2)n2ccnc(N)c12. The maximum absolute atomic E-state index is 13.4. The molecule has 3 aliphatic rings. The largest absolute Gasteiger partial charge is 0.493 e. The van der Waals surface area contributed by atoms with Crippen LogP contribution in [-0.4, -0.2) is 85.9 Å². The second-order valence-corrected chi connectivity index (χ2v) is 11.5. The number of anilines is 2. The maximum atomic E-state index is 13.4. The van der Waals surface area contributed by atoms with E-state index in [1.807, 2.05) is 4.90 Å². The number of nitrogens with one attached hydrogen (secondary N) is 1. The molecule has 6 heterocycles. The summed E-state index contributed by atoms with van der Waals surface area (Å²) >= 11 is 0. The summed E-state index contributed by atoms with van der Waals surface area (Å²) in [7, 11) is 0. The molecule has 0 aliphatic carbocycles. The number of amides is 2. The molecule has 0 radical (unpaired) electrons. The minimum atomic E-state index is -4.58. The number of ether oxygens (including phenoxy) is 2. The Morgan fingerprint density at radius 2 is 2.02 bits per heavy atom. The van der Waals surface area contributed by atoms with Crippen LogP contribution in [0.4, 0.5) is 24.8 Å². The third kappa shape index (κ3) is 5.28. The zero-order valence-electron chi connectivity index (χ0n) is 24.8. The Kier molecular flexibility index (Phi) is 7.51. The van der Waals surface area contributed by atoms with E-state index in [-0.39, 0.29) is 41.8 Å². The Bertz CT molecular complexity index is 1830. The Labute approximate surface area is 261 Å². The average Bonchev–Trinajstić information content (AvgIpc) is 3.67. The molecule has 3 N–H and O–H groups in total. The van der Waals surface area contributed by atoms with E-state index in [0.29, 0.717) is 41.5 Å². The summed E-state index contributed by atoms with van der Waals surface area (Å²) in [4.78, 5) is 43.7. The molecule has 4 aromatic rings. The van der Waals surface area contributed by atoms with Gasteiger partial charge in [-0.15, -0.1) is 0 Å². The summed E-state index contributed by atoms with van der Waals surface area (Å²) in [5, 5.41) is 2.42. The number of carbonyl (C=O) groups excluding carboxylic acids is 2. The molecule has 2 amide bonds. The third-order valence-corrected chi connectivity index (χ3v) is 8.70. The van der Waals surface area contributed by atoms with Crippen molar-refractivity contribution in [3.8, 4) is 17.0 Å². The van der Waals surface area contributed by atoms with Crippen molar-refractivity contribution >= 4 is 29.0 Å². The fraction of sp³-hybridized carbons (Fsp3) is 0.387. The van der Waals surface area contributed by atoms with Crippen LogP contribution in [0.3, 0.4) is 0 Å². The lowest BCUT2D eigenvalue weighted by Gasteiger charge is -2.47. The summed E-state index contributed by atoms with van der Waals surface area (Å²) in [6.45, 7) is 4.46. The fourth-order valence-electron chi connectivity index (χ4n) is 6.56. The van der Waals surface area contributed by atoms with Crippen molar-refractivity contribution in [3.63, 3.8) is 0 Å². The first-order chi connectivity index (χ1) is 22.1. The van der Waals surface area contributed by atoms with Gasteiger partial charge in [0.2, 0.25) is 5.91 Å². The summed E-state index contributed by atoms with van der Waals surface area (Å²) in [6.07, 6.45) is 1.02. The molecule has 3 saturated heterocycles. The van der Waals surface area contributed by atoms with Crippen molar-refractivity contribution in [1.29, 1.82) is 0 Å². The molecule has 3 atom stereocenters. The van der Waals surface area contributed by atoms with Crippen LogP contribution < -0.4 is 15.8 Å². The molecule has 240 valence electrons. The van der Waals surface area contributed by atoms with Crippen molar-refractivity contribution in [2.45, 2.75) is 44.1 Å². The van der Waals surface area contributed by atoms with Crippen molar-refractivity contribution in [1.82, 2.24) is 29.2 Å². The minimum absolute atomic E-state index is 0.0232. The van der Waals surface area contributed by atoms with Crippen molar-refractivity contribution in [2.24, 2.45) is 0 Å². The Balaban J connectivity index is 1.21. The minimum Gasteiger partial charge on any atom is -0.493 e. The van der Waals surface area contributed by atoms with Gasteiger partial charge in [0.1, 0.15) is 40.5 Å². The van der Waals surface area contributed by atoms with Gasteiger partial charge in [0.25, 0.3) is 5.91 Å². The number of carbonyl (C=O) groups is 2. The zero-order chi connectivity index (χ0) is 32.2. The fourth-order valence-corrected chi connectivity index (χ4v) is 6.56. The molecule has 46 heavy (non-hydrogen) atoms. The lowest BCUT2D eigenvalue weighted by Crippen LogP contribution is -2.63. The van der Waals surface area contributed by atoms with Gasteiger partial charge in [-0.25, -0.2) is 15.0 Å². The molecule has 0 saturated carbocycles. The van der Waals surface area contributed by atoms with Gasteiger partial charge in [-0.05, 0) is 56.6 Å². The number of piperazine rings is 1. The first-order valence-corrected chi connectivity index (χ1v) is 15.0. The first-order valence-electron chi connectivity index (χ1n) is 15.0. The number of nitrogen functional groups attached to an aromatic ring is 1. The number of nitrogens with zero attached hydrogens (tertiary/aromatic N) is 6. The van der Waals surface area contributed by atoms with Crippen LogP contribution in [0.1, 0.15) is 47.6 Å². The van der Waals surface area contributed by atoms with Gasteiger partial charge < -0.3 is 25.4 Å². The number of benzene rings is 1. The number of fused-ring (bicyclic) bond motifs is 3. The molecule has 0 unspecified atom stereocenters.